The van der Waals surface area contributed by atoms with Crippen LogP contribution < -0.4 is 11.1 Å². The predicted octanol–water partition coefficient (Wildman–Crippen LogP) is 1.16. The molecule has 1 unspecified atom stereocenters. The second kappa shape index (κ2) is 3.58. The van der Waals surface area contributed by atoms with Crippen molar-refractivity contribution in [3.8, 4) is 0 Å². The van der Waals surface area contributed by atoms with E-state index in [0.29, 0.717) is 6.04 Å². The maximum Gasteiger partial charge on any atom is 0.0137 e. The first kappa shape index (κ1) is 8.34. The van der Waals surface area contributed by atoms with Crippen molar-refractivity contribution in [2.45, 2.75) is 25.3 Å². The molecule has 11 heavy (non-hydrogen) atoms. The van der Waals surface area contributed by atoms with Gasteiger partial charge in [0.2, 0.25) is 0 Å². The van der Waals surface area contributed by atoms with Crippen LogP contribution in [0.5, 0.6) is 0 Å². The molecule has 0 fully saturated rings. The zero-order valence-electron chi connectivity index (χ0n) is 7.06. The third-order valence-electron chi connectivity index (χ3n) is 2.18. The summed E-state index contributed by atoms with van der Waals surface area (Å²) in [5.41, 5.74) is 8.40. The fourth-order valence-electron chi connectivity index (χ4n) is 1.49. The Labute approximate surface area is 68.2 Å². The summed E-state index contributed by atoms with van der Waals surface area (Å²) in [5, 5.41) is 3.18. The number of nitrogens with one attached hydrogen (secondary N) is 1. The number of allylic oxidation sites excluding steroid dienone is 2. The third-order valence-corrected chi connectivity index (χ3v) is 2.18. The van der Waals surface area contributed by atoms with Gasteiger partial charge >= 0.3 is 0 Å². The molecule has 1 aliphatic carbocycles. The molecule has 2 heteroatoms. The molecule has 0 heterocycles. The minimum absolute atomic E-state index is 0.333. The Morgan fingerprint density at radius 3 is 3.00 bits per heavy atom. The van der Waals surface area contributed by atoms with E-state index in [1.54, 1.807) is 0 Å². The molecule has 0 amide bonds. The van der Waals surface area contributed by atoms with Gasteiger partial charge in [0, 0.05) is 18.8 Å². The first-order valence-corrected chi connectivity index (χ1v) is 4.05. The molecule has 0 aromatic heterocycles. The molecular formula is C9H16N2. The van der Waals surface area contributed by atoms with E-state index in [9.17, 15) is 0 Å². The van der Waals surface area contributed by atoms with Crippen LogP contribution in [-0.2, 0) is 0 Å². The lowest BCUT2D eigenvalue weighted by atomic mass is 9.92. The molecule has 1 rings (SSSR count). The van der Waals surface area contributed by atoms with Crippen molar-refractivity contribution in [2.75, 3.05) is 7.05 Å². The Morgan fingerprint density at radius 2 is 2.45 bits per heavy atom. The van der Waals surface area contributed by atoms with Crippen LogP contribution >= 0.6 is 0 Å². The van der Waals surface area contributed by atoms with Crippen LogP contribution in [0.3, 0.4) is 0 Å². The molecule has 0 saturated heterocycles. The van der Waals surface area contributed by atoms with Crippen molar-refractivity contribution in [1.82, 2.24) is 5.32 Å². The Morgan fingerprint density at radius 1 is 1.73 bits per heavy atom. The molecule has 0 aliphatic heterocycles. The Hall–Kier alpha value is -0.760. The van der Waals surface area contributed by atoms with E-state index in [0.717, 1.165) is 19.3 Å². The lowest BCUT2D eigenvalue weighted by molar-refractivity contribution is 0.559. The van der Waals surface area contributed by atoms with E-state index in [1.807, 2.05) is 13.1 Å². The van der Waals surface area contributed by atoms with Crippen LogP contribution in [0.1, 0.15) is 19.3 Å². The quantitative estimate of drug-likeness (QED) is 0.623. The molecule has 0 aromatic rings. The van der Waals surface area contributed by atoms with Gasteiger partial charge in [0.25, 0.3) is 0 Å². The summed E-state index contributed by atoms with van der Waals surface area (Å²) in [5.74, 6) is 0. The molecule has 3 N–H and O–H groups in total. The maximum atomic E-state index is 5.81. The van der Waals surface area contributed by atoms with Crippen LogP contribution in [0.15, 0.2) is 23.9 Å². The minimum atomic E-state index is 0.333. The van der Waals surface area contributed by atoms with Gasteiger partial charge in [0.15, 0.2) is 0 Å². The van der Waals surface area contributed by atoms with Crippen LogP contribution in [0.25, 0.3) is 0 Å². The summed E-state index contributed by atoms with van der Waals surface area (Å²) in [4.78, 5) is 0. The van der Waals surface area contributed by atoms with Gasteiger partial charge in [-0.1, -0.05) is 12.7 Å². The van der Waals surface area contributed by atoms with E-state index in [4.69, 9.17) is 5.73 Å². The standard InChI is InChI=1S/C9H16N2/c1-3-7-6-8(10)4-5-9(7)11-2/h3,8,11H,1,4-6,10H2,2H3. The van der Waals surface area contributed by atoms with E-state index >= 15 is 0 Å². The molecule has 1 atom stereocenters. The zero-order chi connectivity index (χ0) is 8.27. The SMILES string of the molecule is C=CC1=C(NC)CCC(N)C1. The number of hydrogen-bond donors (Lipinski definition) is 2. The Balaban J connectivity index is 2.74. The molecule has 0 spiro atoms. The van der Waals surface area contributed by atoms with Crippen LogP contribution in [0.2, 0.25) is 0 Å². The molecule has 0 bridgehead atoms. The van der Waals surface area contributed by atoms with Gasteiger partial charge in [-0.15, -0.1) is 0 Å². The van der Waals surface area contributed by atoms with Gasteiger partial charge in [-0.05, 0) is 24.8 Å². The Bertz CT molecular complexity index is 182. The van der Waals surface area contributed by atoms with Crippen molar-refractivity contribution in [2.24, 2.45) is 5.73 Å². The monoisotopic (exact) mass is 152 g/mol. The first-order valence-electron chi connectivity index (χ1n) is 4.05. The van der Waals surface area contributed by atoms with Crippen LogP contribution in [0.4, 0.5) is 0 Å². The largest absolute Gasteiger partial charge is 0.391 e. The normalized spacial score (nSPS) is 25.1. The fourth-order valence-corrected chi connectivity index (χ4v) is 1.49. The highest BCUT2D eigenvalue weighted by atomic mass is 14.8. The summed E-state index contributed by atoms with van der Waals surface area (Å²) in [6.45, 7) is 3.76. The summed E-state index contributed by atoms with van der Waals surface area (Å²) in [6, 6.07) is 0.333. The second-order valence-electron chi connectivity index (χ2n) is 2.96. The van der Waals surface area contributed by atoms with Gasteiger partial charge in [-0.25, -0.2) is 0 Å². The molecular weight excluding hydrogens is 136 g/mol. The van der Waals surface area contributed by atoms with E-state index in [2.05, 4.69) is 11.9 Å². The van der Waals surface area contributed by atoms with Gasteiger partial charge in [-0.2, -0.15) is 0 Å². The third kappa shape index (κ3) is 1.84. The molecule has 2 nitrogen and oxygen atoms in total. The summed E-state index contributed by atoms with van der Waals surface area (Å²) < 4.78 is 0. The van der Waals surface area contributed by atoms with Crippen molar-refractivity contribution in [3.05, 3.63) is 23.9 Å². The summed E-state index contributed by atoms with van der Waals surface area (Å²) in [7, 11) is 1.95. The first-order chi connectivity index (χ1) is 5.27. The minimum Gasteiger partial charge on any atom is -0.391 e. The predicted molar refractivity (Wildman–Crippen MR) is 48.1 cm³/mol. The van der Waals surface area contributed by atoms with Crippen molar-refractivity contribution in [3.63, 3.8) is 0 Å². The van der Waals surface area contributed by atoms with Gasteiger partial charge < -0.3 is 11.1 Å². The maximum absolute atomic E-state index is 5.81. The lowest BCUT2D eigenvalue weighted by Gasteiger charge is -2.22. The fraction of sp³-hybridized carbons (Fsp3) is 0.556. The van der Waals surface area contributed by atoms with Gasteiger partial charge in [0.1, 0.15) is 0 Å². The van der Waals surface area contributed by atoms with Crippen molar-refractivity contribution < 1.29 is 0 Å². The number of hydrogen-bond acceptors (Lipinski definition) is 2. The number of rotatable bonds is 2. The molecule has 1 aliphatic rings. The van der Waals surface area contributed by atoms with Gasteiger partial charge in [-0.3, -0.25) is 0 Å². The van der Waals surface area contributed by atoms with E-state index in [1.165, 1.54) is 11.3 Å². The average molecular weight is 152 g/mol. The number of nitrogens with two attached hydrogens (primary N) is 1. The highest BCUT2D eigenvalue weighted by Gasteiger charge is 2.14. The summed E-state index contributed by atoms with van der Waals surface area (Å²) in [6.07, 6.45) is 5.04. The second-order valence-corrected chi connectivity index (χ2v) is 2.96. The highest BCUT2D eigenvalue weighted by molar-refractivity contribution is 5.26. The molecule has 62 valence electrons. The average Bonchev–Trinajstić information content (AvgIpc) is 2.04. The van der Waals surface area contributed by atoms with Crippen LogP contribution in [-0.4, -0.2) is 13.1 Å². The molecule has 0 saturated carbocycles. The van der Waals surface area contributed by atoms with E-state index < -0.39 is 0 Å². The van der Waals surface area contributed by atoms with Crippen molar-refractivity contribution >= 4 is 0 Å². The van der Waals surface area contributed by atoms with Crippen molar-refractivity contribution in [1.29, 1.82) is 0 Å². The zero-order valence-corrected chi connectivity index (χ0v) is 7.06. The lowest BCUT2D eigenvalue weighted by Crippen LogP contribution is -2.27. The van der Waals surface area contributed by atoms with Crippen LogP contribution in [0, 0.1) is 0 Å². The smallest absolute Gasteiger partial charge is 0.0137 e. The molecule has 0 aromatic carbocycles. The van der Waals surface area contributed by atoms with E-state index in [-0.39, 0.29) is 0 Å². The Kier molecular flexibility index (Phi) is 2.71. The molecule has 0 radical (unpaired) electrons. The highest BCUT2D eigenvalue weighted by Crippen LogP contribution is 2.22. The topological polar surface area (TPSA) is 38.0 Å². The summed E-state index contributed by atoms with van der Waals surface area (Å²) >= 11 is 0. The van der Waals surface area contributed by atoms with Gasteiger partial charge in [0.05, 0.1) is 0 Å².